The Labute approximate surface area is 116 Å². The van der Waals surface area contributed by atoms with Crippen LogP contribution in [-0.2, 0) is 11.2 Å². The Morgan fingerprint density at radius 3 is 2.63 bits per heavy atom. The predicted molar refractivity (Wildman–Crippen MR) is 78.3 cm³/mol. The minimum Gasteiger partial charge on any atom is -0.341 e. The highest BCUT2D eigenvalue weighted by atomic mass is 16.2. The zero-order valence-electron chi connectivity index (χ0n) is 12.0. The van der Waals surface area contributed by atoms with Gasteiger partial charge in [-0.25, -0.2) is 0 Å². The predicted octanol–water partition coefficient (Wildman–Crippen LogP) is 2.17. The van der Waals surface area contributed by atoms with Crippen LogP contribution < -0.4 is 5.32 Å². The number of benzene rings is 1. The molecule has 0 unspecified atom stereocenters. The standard InChI is InChI=1S/C16H24N2O/c1-13(2)15-5-3-14(4-6-15)8-11-18-12-10-17-9-7-16(18)19/h3-6,13,17H,7-12H2,1-2H3. The van der Waals surface area contributed by atoms with Gasteiger partial charge in [-0.1, -0.05) is 38.1 Å². The average molecular weight is 260 g/mol. The van der Waals surface area contributed by atoms with Crippen molar-refractivity contribution in [2.45, 2.75) is 32.6 Å². The van der Waals surface area contributed by atoms with Gasteiger partial charge >= 0.3 is 0 Å². The molecule has 0 bridgehead atoms. The minimum atomic E-state index is 0.281. The molecule has 1 amide bonds. The van der Waals surface area contributed by atoms with Crippen molar-refractivity contribution in [2.24, 2.45) is 0 Å². The van der Waals surface area contributed by atoms with E-state index in [0.29, 0.717) is 12.3 Å². The highest BCUT2D eigenvalue weighted by Gasteiger charge is 2.15. The molecule has 19 heavy (non-hydrogen) atoms. The first-order valence-electron chi connectivity index (χ1n) is 7.24. The topological polar surface area (TPSA) is 32.3 Å². The van der Waals surface area contributed by atoms with Crippen molar-refractivity contribution >= 4 is 5.91 Å². The van der Waals surface area contributed by atoms with Gasteiger partial charge in [0.15, 0.2) is 0 Å². The highest BCUT2D eigenvalue weighted by Crippen LogP contribution is 2.15. The zero-order chi connectivity index (χ0) is 13.7. The van der Waals surface area contributed by atoms with Gasteiger partial charge in [0.05, 0.1) is 0 Å². The summed E-state index contributed by atoms with van der Waals surface area (Å²) in [6.07, 6.45) is 1.58. The van der Waals surface area contributed by atoms with Gasteiger partial charge < -0.3 is 10.2 Å². The summed E-state index contributed by atoms with van der Waals surface area (Å²) in [5, 5.41) is 3.26. The monoisotopic (exact) mass is 260 g/mol. The fraction of sp³-hybridized carbons (Fsp3) is 0.562. The molecule has 1 aliphatic rings. The third kappa shape index (κ3) is 4.06. The third-order valence-corrected chi connectivity index (χ3v) is 3.74. The van der Waals surface area contributed by atoms with Crippen molar-refractivity contribution in [3.05, 3.63) is 35.4 Å². The lowest BCUT2D eigenvalue weighted by Gasteiger charge is -2.20. The highest BCUT2D eigenvalue weighted by molar-refractivity contribution is 5.76. The second-order valence-corrected chi connectivity index (χ2v) is 5.53. The Balaban J connectivity index is 1.88. The molecule has 104 valence electrons. The van der Waals surface area contributed by atoms with E-state index >= 15 is 0 Å². The first-order valence-corrected chi connectivity index (χ1v) is 7.24. The normalized spacial score (nSPS) is 16.8. The lowest BCUT2D eigenvalue weighted by Crippen LogP contribution is -2.34. The molecule has 0 atom stereocenters. The fourth-order valence-electron chi connectivity index (χ4n) is 2.39. The summed E-state index contributed by atoms with van der Waals surface area (Å²) in [7, 11) is 0. The van der Waals surface area contributed by atoms with Crippen LogP contribution in [0.1, 0.15) is 37.3 Å². The van der Waals surface area contributed by atoms with Crippen LogP contribution in [-0.4, -0.2) is 37.0 Å². The van der Waals surface area contributed by atoms with Crippen molar-refractivity contribution in [3.8, 4) is 0 Å². The summed E-state index contributed by atoms with van der Waals surface area (Å²) < 4.78 is 0. The maximum Gasteiger partial charge on any atom is 0.223 e. The summed E-state index contributed by atoms with van der Waals surface area (Å²) in [6.45, 7) is 7.82. The lowest BCUT2D eigenvalue weighted by molar-refractivity contribution is -0.130. The fourth-order valence-corrected chi connectivity index (χ4v) is 2.39. The van der Waals surface area contributed by atoms with Crippen LogP contribution in [0.2, 0.25) is 0 Å². The van der Waals surface area contributed by atoms with Gasteiger partial charge in [-0.3, -0.25) is 4.79 Å². The molecule has 3 nitrogen and oxygen atoms in total. The third-order valence-electron chi connectivity index (χ3n) is 3.74. The molecule has 0 saturated carbocycles. The van der Waals surface area contributed by atoms with Crippen molar-refractivity contribution in [3.63, 3.8) is 0 Å². The lowest BCUT2D eigenvalue weighted by atomic mass is 10.0. The Bertz CT molecular complexity index is 411. The van der Waals surface area contributed by atoms with Crippen LogP contribution in [0, 0.1) is 0 Å². The largest absolute Gasteiger partial charge is 0.341 e. The van der Waals surface area contributed by atoms with Crippen molar-refractivity contribution in [1.82, 2.24) is 10.2 Å². The first kappa shape index (κ1) is 14.1. The Morgan fingerprint density at radius 2 is 1.95 bits per heavy atom. The van der Waals surface area contributed by atoms with Gasteiger partial charge in [-0.05, 0) is 23.5 Å². The maximum absolute atomic E-state index is 11.9. The minimum absolute atomic E-state index is 0.281. The number of hydrogen-bond acceptors (Lipinski definition) is 2. The summed E-state index contributed by atoms with van der Waals surface area (Å²) in [6, 6.07) is 8.78. The quantitative estimate of drug-likeness (QED) is 0.900. The van der Waals surface area contributed by atoms with Gasteiger partial charge in [-0.15, -0.1) is 0 Å². The van der Waals surface area contributed by atoms with Crippen LogP contribution >= 0.6 is 0 Å². The van der Waals surface area contributed by atoms with E-state index in [1.807, 2.05) is 4.90 Å². The molecule has 1 aromatic carbocycles. The summed E-state index contributed by atoms with van der Waals surface area (Å²) in [5.74, 6) is 0.858. The van der Waals surface area contributed by atoms with Crippen molar-refractivity contribution < 1.29 is 4.79 Å². The first-order chi connectivity index (χ1) is 9.16. The van der Waals surface area contributed by atoms with Crippen LogP contribution in [0.4, 0.5) is 0 Å². The number of nitrogens with zero attached hydrogens (tertiary/aromatic N) is 1. The van der Waals surface area contributed by atoms with E-state index in [0.717, 1.165) is 32.6 Å². The molecule has 3 heteroatoms. The molecular formula is C16H24N2O. The molecule has 1 saturated heterocycles. The molecule has 1 heterocycles. The van der Waals surface area contributed by atoms with E-state index in [2.05, 4.69) is 43.4 Å². The summed E-state index contributed by atoms with van der Waals surface area (Å²) in [4.78, 5) is 13.8. The van der Waals surface area contributed by atoms with E-state index in [1.165, 1.54) is 11.1 Å². The van der Waals surface area contributed by atoms with Gasteiger partial charge in [-0.2, -0.15) is 0 Å². The van der Waals surface area contributed by atoms with Gasteiger partial charge in [0.25, 0.3) is 0 Å². The number of nitrogens with one attached hydrogen (secondary N) is 1. The van der Waals surface area contributed by atoms with Crippen LogP contribution in [0.5, 0.6) is 0 Å². The average Bonchev–Trinajstić information content (AvgIpc) is 2.61. The summed E-state index contributed by atoms with van der Waals surface area (Å²) >= 11 is 0. The number of hydrogen-bond donors (Lipinski definition) is 1. The Hall–Kier alpha value is -1.35. The molecule has 1 aliphatic heterocycles. The Kier molecular flexibility index (Phi) is 4.97. The van der Waals surface area contributed by atoms with E-state index in [4.69, 9.17) is 0 Å². The van der Waals surface area contributed by atoms with Crippen molar-refractivity contribution in [1.29, 1.82) is 0 Å². The molecule has 0 radical (unpaired) electrons. The van der Waals surface area contributed by atoms with E-state index in [9.17, 15) is 4.79 Å². The number of carbonyl (C=O) groups is 1. The zero-order valence-corrected chi connectivity index (χ0v) is 12.0. The maximum atomic E-state index is 11.9. The van der Waals surface area contributed by atoms with Gasteiger partial charge in [0.1, 0.15) is 0 Å². The number of carbonyl (C=O) groups excluding carboxylic acids is 1. The molecule has 0 aromatic heterocycles. The van der Waals surface area contributed by atoms with E-state index < -0.39 is 0 Å². The molecule has 0 aliphatic carbocycles. The molecule has 1 fully saturated rings. The molecule has 2 rings (SSSR count). The second-order valence-electron chi connectivity index (χ2n) is 5.53. The SMILES string of the molecule is CC(C)c1ccc(CCN2CCNCCC2=O)cc1. The van der Waals surface area contributed by atoms with Crippen molar-refractivity contribution in [2.75, 3.05) is 26.2 Å². The number of amides is 1. The van der Waals surface area contributed by atoms with Gasteiger partial charge in [0, 0.05) is 32.6 Å². The molecular weight excluding hydrogens is 236 g/mol. The van der Waals surface area contributed by atoms with E-state index in [-0.39, 0.29) is 5.91 Å². The Morgan fingerprint density at radius 1 is 1.21 bits per heavy atom. The smallest absolute Gasteiger partial charge is 0.223 e. The van der Waals surface area contributed by atoms with Crippen LogP contribution in [0.3, 0.4) is 0 Å². The van der Waals surface area contributed by atoms with Crippen LogP contribution in [0.15, 0.2) is 24.3 Å². The van der Waals surface area contributed by atoms with Crippen LogP contribution in [0.25, 0.3) is 0 Å². The molecule has 1 N–H and O–H groups in total. The number of rotatable bonds is 4. The molecule has 0 spiro atoms. The molecule has 1 aromatic rings. The van der Waals surface area contributed by atoms with Gasteiger partial charge in [0.2, 0.25) is 5.91 Å². The van der Waals surface area contributed by atoms with E-state index in [1.54, 1.807) is 0 Å². The summed E-state index contributed by atoms with van der Waals surface area (Å²) in [5.41, 5.74) is 2.69. The second kappa shape index (κ2) is 6.71.